The van der Waals surface area contributed by atoms with Crippen LogP contribution in [0.3, 0.4) is 0 Å². The molecule has 0 radical (unpaired) electrons. The summed E-state index contributed by atoms with van der Waals surface area (Å²) in [7, 11) is 0. The van der Waals surface area contributed by atoms with Gasteiger partial charge in [0.25, 0.3) is 0 Å². The smallest absolute Gasteiger partial charge is 0.304 e. The summed E-state index contributed by atoms with van der Waals surface area (Å²) in [6, 6.07) is 14.3. The van der Waals surface area contributed by atoms with Crippen molar-refractivity contribution in [3.8, 4) is 5.75 Å². The number of nitrogens with one attached hydrogen (secondary N) is 1. The van der Waals surface area contributed by atoms with Gasteiger partial charge in [-0.15, -0.1) is 0 Å². The normalized spacial score (nSPS) is 16.5. The molecule has 0 atom stereocenters. The summed E-state index contributed by atoms with van der Waals surface area (Å²) in [5.41, 5.74) is 5.66. The van der Waals surface area contributed by atoms with Crippen molar-refractivity contribution in [1.29, 1.82) is 0 Å². The Labute approximate surface area is 175 Å². The Bertz CT molecular complexity index is 982. The van der Waals surface area contributed by atoms with Crippen LogP contribution < -0.4 is 10.1 Å². The average molecular weight is 408 g/mol. The molecule has 6 heteroatoms. The third-order valence-corrected chi connectivity index (χ3v) is 5.48. The lowest BCUT2D eigenvalue weighted by molar-refractivity contribution is -0.137. The number of nitrogens with zero attached hydrogens (tertiary/aromatic N) is 1. The molecule has 2 aliphatic rings. The summed E-state index contributed by atoms with van der Waals surface area (Å²) in [5, 5.41) is 12.4. The van der Waals surface area contributed by atoms with Crippen molar-refractivity contribution in [2.24, 2.45) is 0 Å². The van der Waals surface area contributed by atoms with E-state index in [0.29, 0.717) is 13.2 Å². The second kappa shape index (κ2) is 9.13. The van der Waals surface area contributed by atoms with Crippen LogP contribution in [0, 0.1) is 5.82 Å². The molecule has 0 aliphatic carbocycles. The number of ether oxygens (including phenoxy) is 1. The van der Waals surface area contributed by atoms with Crippen LogP contribution in [0.25, 0.3) is 5.70 Å². The summed E-state index contributed by atoms with van der Waals surface area (Å²) in [5.74, 6) is -0.267. The molecular formula is C24H25FN2O3. The maximum absolute atomic E-state index is 13.3. The van der Waals surface area contributed by atoms with Crippen LogP contribution in [0.5, 0.6) is 5.75 Å². The van der Waals surface area contributed by atoms with Crippen molar-refractivity contribution in [2.75, 3.05) is 26.2 Å². The highest BCUT2D eigenvalue weighted by Crippen LogP contribution is 2.27. The minimum Gasteiger partial charge on any atom is -0.489 e. The monoisotopic (exact) mass is 408 g/mol. The minimum atomic E-state index is -0.748. The van der Waals surface area contributed by atoms with Gasteiger partial charge >= 0.3 is 5.97 Å². The molecule has 2 aliphatic heterocycles. The molecule has 0 saturated heterocycles. The van der Waals surface area contributed by atoms with E-state index in [1.807, 2.05) is 30.3 Å². The third kappa shape index (κ3) is 5.07. The van der Waals surface area contributed by atoms with Crippen LogP contribution in [0.4, 0.5) is 4.39 Å². The number of halogens is 1. The van der Waals surface area contributed by atoms with Crippen LogP contribution in [-0.4, -0.2) is 42.2 Å². The summed E-state index contributed by atoms with van der Waals surface area (Å²) < 4.78 is 19.0. The van der Waals surface area contributed by atoms with Crippen molar-refractivity contribution < 1.29 is 19.0 Å². The quantitative estimate of drug-likeness (QED) is 0.729. The van der Waals surface area contributed by atoms with E-state index in [4.69, 9.17) is 9.84 Å². The van der Waals surface area contributed by atoms with E-state index in [9.17, 15) is 9.18 Å². The fraction of sp³-hybridized carbons (Fsp3) is 0.292. The van der Waals surface area contributed by atoms with Gasteiger partial charge in [-0.1, -0.05) is 12.1 Å². The number of carbonyl (C=O) groups is 1. The summed E-state index contributed by atoms with van der Waals surface area (Å²) in [6.07, 6.45) is 3.33. The standard InChI is InChI=1S/C24H25FN2O3/c25-21-3-1-2-17(12-21)16-30-22-6-4-18(5-7-22)23-13-19-8-10-27(11-9-24(28)29)15-20(19)14-26-23/h1-7,12-13,26H,8-11,14-16H2,(H,28,29). The highest BCUT2D eigenvalue weighted by Gasteiger charge is 2.21. The lowest BCUT2D eigenvalue weighted by Crippen LogP contribution is -2.37. The Kier molecular flexibility index (Phi) is 6.14. The van der Waals surface area contributed by atoms with Gasteiger partial charge in [0.05, 0.1) is 6.42 Å². The molecule has 0 fully saturated rings. The number of carboxylic acid groups (broad SMARTS) is 1. The predicted molar refractivity (Wildman–Crippen MR) is 113 cm³/mol. The van der Waals surface area contributed by atoms with Crippen LogP contribution in [0.15, 0.2) is 65.8 Å². The number of hydrogen-bond acceptors (Lipinski definition) is 4. The van der Waals surface area contributed by atoms with Gasteiger partial charge in [-0.2, -0.15) is 0 Å². The van der Waals surface area contributed by atoms with Crippen molar-refractivity contribution in [3.63, 3.8) is 0 Å². The first kappa shape index (κ1) is 20.2. The van der Waals surface area contributed by atoms with Crippen LogP contribution in [0.2, 0.25) is 0 Å². The zero-order valence-corrected chi connectivity index (χ0v) is 16.7. The number of dihydropyridines is 1. The molecule has 0 aromatic heterocycles. The van der Waals surface area contributed by atoms with Crippen LogP contribution in [-0.2, 0) is 11.4 Å². The Morgan fingerprint density at radius 2 is 2.03 bits per heavy atom. The van der Waals surface area contributed by atoms with Crippen molar-refractivity contribution in [1.82, 2.24) is 10.2 Å². The predicted octanol–water partition coefficient (Wildman–Crippen LogP) is 3.83. The number of benzene rings is 2. The SMILES string of the molecule is O=C(O)CCN1CCC2=C(CNC(c3ccc(OCc4cccc(F)c4)cc3)=C2)C1. The topological polar surface area (TPSA) is 61.8 Å². The molecule has 4 rings (SSSR count). The van der Waals surface area contributed by atoms with E-state index in [0.717, 1.165) is 48.6 Å². The Hall–Kier alpha value is -3.12. The zero-order valence-electron chi connectivity index (χ0n) is 16.7. The molecule has 0 spiro atoms. The zero-order chi connectivity index (χ0) is 20.9. The summed E-state index contributed by atoms with van der Waals surface area (Å²) in [6.45, 7) is 3.42. The maximum Gasteiger partial charge on any atom is 0.304 e. The van der Waals surface area contributed by atoms with Gasteiger partial charge in [0.2, 0.25) is 0 Å². The van der Waals surface area contributed by atoms with E-state index in [-0.39, 0.29) is 12.2 Å². The number of carboxylic acids is 1. The average Bonchev–Trinajstić information content (AvgIpc) is 2.76. The van der Waals surface area contributed by atoms with Gasteiger partial charge in [-0.3, -0.25) is 9.69 Å². The largest absolute Gasteiger partial charge is 0.489 e. The van der Waals surface area contributed by atoms with Crippen LogP contribution in [0.1, 0.15) is 24.0 Å². The highest BCUT2D eigenvalue weighted by atomic mass is 19.1. The molecule has 2 aromatic rings. The second-order valence-corrected chi connectivity index (χ2v) is 7.65. The van der Waals surface area contributed by atoms with Crippen molar-refractivity contribution >= 4 is 11.7 Å². The van der Waals surface area contributed by atoms with Crippen molar-refractivity contribution in [2.45, 2.75) is 19.4 Å². The van der Waals surface area contributed by atoms with Gasteiger partial charge in [-0.05, 0) is 71.2 Å². The number of hydrogen-bond donors (Lipinski definition) is 2. The first-order chi connectivity index (χ1) is 14.6. The van der Waals surface area contributed by atoms with E-state index in [1.165, 1.54) is 23.3 Å². The Morgan fingerprint density at radius 1 is 1.20 bits per heavy atom. The molecule has 5 nitrogen and oxygen atoms in total. The molecule has 156 valence electrons. The molecule has 30 heavy (non-hydrogen) atoms. The maximum atomic E-state index is 13.3. The minimum absolute atomic E-state index is 0.185. The summed E-state index contributed by atoms with van der Waals surface area (Å²) >= 11 is 0. The van der Waals surface area contributed by atoms with Gasteiger partial charge in [0.1, 0.15) is 18.2 Å². The molecule has 0 saturated carbocycles. The molecule has 2 aromatic carbocycles. The first-order valence-corrected chi connectivity index (χ1v) is 10.1. The molecule has 0 bridgehead atoms. The van der Waals surface area contributed by atoms with E-state index in [1.54, 1.807) is 6.07 Å². The number of allylic oxidation sites excluding steroid dienone is 1. The van der Waals surface area contributed by atoms with Gasteiger partial charge < -0.3 is 15.2 Å². The molecule has 2 N–H and O–H groups in total. The molecule has 2 heterocycles. The van der Waals surface area contributed by atoms with E-state index < -0.39 is 5.97 Å². The molecular weight excluding hydrogens is 383 g/mol. The number of aliphatic carboxylic acids is 1. The van der Waals surface area contributed by atoms with E-state index in [2.05, 4.69) is 16.3 Å². The first-order valence-electron chi connectivity index (χ1n) is 10.1. The third-order valence-electron chi connectivity index (χ3n) is 5.48. The summed E-state index contributed by atoms with van der Waals surface area (Å²) in [4.78, 5) is 13.0. The molecule has 0 unspecified atom stereocenters. The van der Waals surface area contributed by atoms with Crippen molar-refractivity contribution in [3.05, 3.63) is 82.7 Å². The van der Waals surface area contributed by atoms with Gasteiger partial charge in [-0.25, -0.2) is 4.39 Å². The van der Waals surface area contributed by atoms with Gasteiger partial charge in [0, 0.05) is 31.9 Å². The number of rotatable bonds is 7. The fourth-order valence-corrected chi connectivity index (χ4v) is 3.83. The molecule has 0 amide bonds. The second-order valence-electron chi connectivity index (χ2n) is 7.65. The fourth-order valence-electron chi connectivity index (χ4n) is 3.83. The Balaban J connectivity index is 1.37. The Morgan fingerprint density at radius 3 is 2.80 bits per heavy atom. The highest BCUT2D eigenvalue weighted by molar-refractivity contribution is 5.70. The van der Waals surface area contributed by atoms with E-state index >= 15 is 0 Å². The van der Waals surface area contributed by atoms with Gasteiger partial charge in [0.15, 0.2) is 0 Å². The lowest BCUT2D eigenvalue weighted by Gasteiger charge is -2.33. The lowest BCUT2D eigenvalue weighted by atomic mass is 9.94. The van der Waals surface area contributed by atoms with Crippen LogP contribution >= 0.6 is 0 Å².